The lowest BCUT2D eigenvalue weighted by Gasteiger charge is -2.11. The van der Waals surface area contributed by atoms with Crippen LogP contribution in [0.15, 0.2) is 53.6 Å². The molecule has 1 N–H and O–H groups in total. The van der Waals surface area contributed by atoms with Crippen molar-refractivity contribution < 1.29 is 19.0 Å². The van der Waals surface area contributed by atoms with E-state index < -0.39 is 6.09 Å². The van der Waals surface area contributed by atoms with Gasteiger partial charge in [0.2, 0.25) is 0 Å². The minimum absolute atomic E-state index is 0.294. The van der Waals surface area contributed by atoms with Gasteiger partial charge < -0.3 is 14.2 Å². The molecule has 0 atom stereocenters. The van der Waals surface area contributed by atoms with Crippen molar-refractivity contribution in [3.8, 4) is 11.5 Å². The second kappa shape index (κ2) is 9.19. The predicted molar refractivity (Wildman–Crippen MR) is 91.5 cm³/mol. The third-order valence-corrected chi connectivity index (χ3v) is 3.07. The van der Waals surface area contributed by atoms with Crippen LogP contribution in [0.25, 0.3) is 0 Å². The fraction of sp³-hybridized carbons (Fsp3) is 0.222. The molecule has 2 aromatic carbocycles. The van der Waals surface area contributed by atoms with Gasteiger partial charge >= 0.3 is 6.09 Å². The SMILES string of the molecule is CCOC(=O)N/N=C/c1ccc(OCc2ccccc2)c(OC)c1. The number of hydrogen-bond acceptors (Lipinski definition) is 5. The number of nitrogens with one attached hydrogen (secondary N) is 1. The lowest BCUT2D eigenvalue weighted by Crippen LogP contribution is -2.18. The van der Waals surface area contributed by atoms with E-state index >= 15 is 0 Å². The smallest absolute Gasteiger partial charge is 0.427 e. The maximum Gasteiger partial charge on any atom is 0.427 e. The number of carbonyl (C=O) groups excluding carboxylic acids is 1. The maximum absolute atomic E-state index is 11.1. The van der Waals surface area contributed by atoms with Crippen LogP contribution in [0, 0.1) is 0 Å². The van der Waals surface area contributed by atoms with Gasteiger partial charge in [-0.3, -0.25) is 0 Å². The predicted octanol–water partition coefficient (Wildman–Crippen LogP) is 3.35. The van der Waals surface area contributed by atoms with Gasteiger partial charge in [0.1, 0.15) is 6.61 Å². The minimum Gasteiger partial charge on any atom is -0.493 e. The molecule has 0 radical (unpaired) electrons. The fourth-order valence-electron chi connectivity index (χ4n) is 1.94. The summed E-state index contributed by atoms with van der Waals surface area (Å²) >= 11 is 0. The highest BCUT2D eigenvalue weighted by Gasteiger charge is 2.06. The summed E-state index contributed by atoms with van der Waals surface area (Å²) in [5, 5.41) is 3.81. The van der Waals surface area contributed by atoms with E-state index in [-0.39, 0.29) is 0 Å². The van der Waals surface area contributed by atoms with Gasteiger partial charge in [-0.25, -0.2) is 10.2 Å². The molecule has 2 aromatic rings. The van der Waals surface area contributed by atoms with Crippen molar-refractivity contribution in [1.82, 2.24) is 5.43 Å². The van der Waals surface area contributed by atoms with Crippen LogP contribution >= 0.6 is 0 Å². The minimum atomic E-state index is -0.594. The number of hydrazone groups is 1. The average Bonchev–Trinajstić information content (AvgIpc) is 2.61. The molecule has 0 aliphatic carbocycles. The molecule has 0 aliphatic rings. The molecule has 126 valence electrons. The summed E-state index contributed by atoms with van der Waals surface area (Å²) in [6.07, 6.45) is 0.906. The van der Waals surface area contributed by atoms with Gasteiger partial charge in [0.25, 0.3) is 0 Å². The highest BCUT2D eigenvalue weighted by Crippen LogP contribution is 2.28. The number of amides is 1. The van der Waals surface area contributed by atoms with Gasteiger partial charge in [0.05, 0.1) is 19.9 Å². The van der Waals surface area contributed by atoms with Crippen molar-refractivity contribution in [3.63, 3.8) is 0 Å². The van der Waals surface area contributed by atoms with Crippen molar-refractivity contribution in [1.29, 1.82) is 0 Å². The Hall–Kier alpha value is -3.02. The monoisotopic (exact) mass is 328 g/mol. The van der Waals surface area contributed by atoms with Crippen LogP contribution in [0.3, 0.4) is 0 Å². The molecule has 0 heterocycles. The Bertz CT molecular complexity index is 687. The third kappa shape index (κ3) is 5.31. The normalized spacial score (nSPS) is 10.4. The van der Waals surface area contributed by atoms with Gasteiger partial charge in [-0.1, -0.05) is 30.3 Å². The molecule has 0 spiro atoms. The molecule has 0 aliphatic heterocycles. The van der Waals surface area contributed by atoms with Gasteiger partial charge in [-0.05, 0) is 36.2 Å². The zero-order valence-electron chi connectivity index (χ0n) is 13.7. The zero-order chi connectivity index (χ0) is 17.2. The van der Waals surface area contributed by atoms with Gasteiger partial charge in [0.15, 0.2) is 11.5 Å². The quantitative estimate of drug-likeness (QED) is 0.625. The summed E-state index contributed by atoms with van der Waals surface area (Å²) in [6, 6.07) is 15.3. The van der Waals surface area contributed by atoms with Crippen LogP contribution in [0.1, 0.15) is 18.1 Å². The third-order valence-electron chi connectivity index (χ3n) is 3.07. The van der Waals surface area contributed by atoms with Crippen molar-refractivity contribution in [3.05, 3.63) is 59.7 Å². The molecule has 1 amide bonds. The average molecular weight is 328 g/mol. The molecule has 0 unspecified atom stereocenters. The Morgan fingerprint density at radius 1 is 1.17 bits per heavy atom. The summed E-state index contributed by atoms with van der Waals surface area (Å²) in [7, 11) is 1.57. The van der Waals surface area contributed by atoms with E-state index in [1.165, 1.54) is 6.21 Å². The van der Waals surface area contributed by atoms with E-state index in [2.05, 4.69) is 10.5 Å². The molecule has 2 rings (SSSR count). The lowest BCUT2D eigenvalue weighted by molar-refractivity contribution is 0.152. The summed E-state index contributed by atoms with van der Waals surface area (Å²) in [4.78, 5) is 11.1. The number of nitrogens with zero attached hydrogens (tertiary/aromatic N) is 1. The number of hydrogen-bond donors (Lipinski definition) is 1. The second-order valence-electron chi connectivity index (χ2n) is 4.78. The van der Waals surface area contributed by atoms with Crippen molar-refractivity contribution in [2.45, 2.75) is 13.5 Å². The van der Waals surface area contributed by atoms with E-state index in [0.717, 1.165) is 11.1 Å². The summed E-state index contributed by atoms with van der Waals surface area (Å²) in [6.45, 7) is 2.47. The van der Waals surface area contributed by atoms with Gasteiger partial charge in [-0.15, -0.1) is 0 Å². The first-order chi connectivity index (χ1) is 11.7. The lowest BCUT2D eigenvalue weighted by atomic mass is 10.2. The molecule has 0 saturated heterocycles. The second-order valence-corrected chi connectivity index (χ2v) is 4.78. The standard InChI is InChI=1S/C18H20N2O4/c1-3-23-18(21)20-19-12-15-9-10-16(17(11-15)22-2)24-13-14-7-5-4-6-8-14/h4-12H,3,13H2,1-2H3,(H,20,21)/b19-12+. The van der Waals surface area contributed by atoms with Crippen LogP contribution in [0.2, 0.25) is 0 Å². The Balaban J connectivity index is 1.99. The van der Waals surface area contributed by atoms with Crippen LogP contribution in [-0.4, -0.2) is 26.0 Å². The molecule has 24 heavy (non-hydrogen) atoms. The Kier molecular flexibility index (Phi) is 6.64. The number of carbonyl (C=O) groups is 1. The summed E-state index contributed by atoms with van der Waals surface area (Å²) in [5.74, 6) is 1.22. The number of rotatable bonds is 7. The Morgan fingerprint density at radius 2 is 1.96 bits per heavy atom. The molecule has 0 fully saturated rings. The van der Waals surface area contributed by atoms with Crippen molar-refractivity contribution in [2.24, 2.45) is 5.10 Å². The first kappa shape index (κ1) is 17.3. The zero-order valence-corrected chi connectivity index (χ0v) is 13.7. The van der Waals surface area contributed by atoms with E-state index in [1.54, 1.807) is 26.2 Å². The molecule has 0 bridgehead atoms. The first-order valence-electron chi connectivity index (χ1n) is 7.53. The molecule has 0 saturated carbocycles. The van der Waals surface area contributed by atoms with E-state index in [1.807, 2.05) is 36.4 Å². The fourth-order valence-corrected chi connectivity index (χ4v) is 1.94. The van der Waals surface area contributed by atoms with Crippen LogP contribution in [0.5, 0.6) is 11.5 Å². The van der Waals surface area contributed by atoms with Crippen molar-refractivity contribution in [2.75, 3.05) is 13.7 Å². The molecular weight excluding hydrogens is 308 g/mol. The van der Waals surface area contributed by atoms with E-state index in [9.17, 15) is 4.79 Å². The van der Waals surface area contributed by atoms with E-state index in [4.69, 9.17) is 14.2 Å². The Labute approximate surface area is 141 Å². The molecule has 6 heteroatoms. The molecule has 0 aromatic heterocycles. The van der Waals surface area contributed by atoms with Crippen LogP contribution < -0.4 is 14.9 Å². The highest BCUT2D eigenvalue weighted by molar-refractivity contribution is 5.82. The summed E-state index contributed by atoms with van der Waals surface area (Å²) in [5.41, 5.74) is 4.10. The number of benzene rings is 2. The number of ether oxygens (including phenoxy) is 3. The van der Waals surface area contributed by atoms with Crippen LogP contribution in [-0.2, 0) is 11.3 Å². The summed E-state index contributed by atoms with van der Waals surface area (Å²) < 4.78 is 15.8. The maximum atomic E-state index is 11.1. The van der Waals surface area contributed by atoms with Gasteiger partial charge in [0, 0.05) is 0 Å². The van der Waals surface area contributed by atoms with E-state index in [0.29, 0.717) is 24.7 Å². The largest absolute Gasteiger partial charge is 0.493 e. The van der Waals surface area contributed by atoms with Gasteiger partial charge in [-0.2, -0.15) is 5.10 Å². The Morgan fingerprint density at radius 3 is 2.67 bits per heavy atom. The molecule has 6 nitrogen and oxygen atoms in total. The van der Waals surface area contributed by atoms with Crippen molar-refractivity contribution >= 4 is 12.3 Å². The highest BCUT2D eigenvalue weighted by atomic mass is 16.5. The molecular formula is C18H20N2O4. The first-order valence-corrected chi connectivity index (χ1v) is 7.53. The number of methoxy groups -OCH3 is 1. The topological polar surface area (TPSA) is 69.2 Å². The van der Waals surface area contributed by atoms with Crippen LogP contribution in [0.4, 0.5) is 4.79 Å².